The third-order valence-corrected chi connectivity index (χ3v) is 3.03. The smallest absolute Gasteiger partial charge is 0.117 e. The van der Waals surface area contributed by atoms with Crippen molar-refractivity contribution in [3.05, 3.63) is 11.8 Å². The van der Waals surface area contributed by atoms with Gasteiger partial charge in [0.05, 0.1) is 6.26 Å². The first-order valence-electron chi connectivity index (χ1n) is 5.29. The highest BCUT2D eigenvalue weighted by atomic mass is 16.5. The van der Waals surface area contributed by atoms with Crippen LogP contribution in [0.3, 0.4) is 0 Å². The highest BCUT2D eigenvalue weighted by Gasteiger charge is 2.25. The monoisotopic (exact) mass is 183 g/mol. The van der Waals surface area contributed by atoms with Crippen LogP contribution in [-0.2, 0) is 4.74 Å². The Morgan fingerprint density at radius 2 is 2.23 bits per heavy atom. The topological polar surface area (TPSA) is 35.2 Å². The molecule has 1 rings (SSSR count). The summed E-state index contributed by atoms with van der Waals surface area (Å²) in [5.41, 5.74) is 7.35. The minimum absolute atomic E-state index is 0.192. The Morgan fingerprint density at radius 1 is 1.54 bits per heavy atom. The maximum Gasteiger partial charge on any atom is 0.117 e. The molecular formula is C11H21NO. The van der Waals surface area contributed by atoms with E-state index in [1.807, 2.05) is 6.26 Å². The summed E-state index contributed by atoms with van der Waals surface area (Å²) in [6.07, 6.45) is 5.36. The quantitative estimate of drug-likeness (QED) is 0.726. The number of nitrogens with two attached hydrogens (primary N) is 1. The molecule has 3 atom stereocenters. The Kier molecular flexibility index (Phi) is 3.79. The lowest BCUT2D eigenvalue weighted by Gasteiger charge is -2.17. The lowest BCUT2D eigenvalue weighted by molar-refractivity contribution is 0.140. The van der Waals surface area contributed by atoms with Gasteiger partial charge in [-0.15, -0.1) is 0 Å². The Hall–Kier alpha value is -0.500. The van der Waals surface area contributed by atoms with Gasteiger partial charge in [0.2, 0.25) is 0 Å². The highest BCUT2D eigenvalue weighted by Crippen LogP contribution is 2.28. The molecule has 0 fully saturated rings. The van der Waals surface area contributed by atoms with Crippen molar-refractivity contribution < 1.29 is 4.74 Å². The summed E-state index contributed by atoms with van der Waals surface area (Å²) in [5, 5.41) is 0. The van der Waals surface area contributed by atoms with Crippen LogP contribution in [0.2, 0.25) is 0 Å². The van der Waals surface area contributed by atoms with Gasteiger partial charge in [-0.1, -0.05) is 20.8 Å². The second-order valence-electron chi connectivity index (χ2n) is 3.95. The molecule has 2 heteroatoms. The molecule has 76 valence electrons. The Balaban J connectivity index is 2.42. The van der Waals surface area contributed by atoms with E-state index in [0.717, 1.165) is 12.8 Å². The molecule has 0 amide bonds. The Bertz CT molecular complexity index is 189. The fourth-order valence-electron chi connectivity index (χ4n) is 1.60. The van der Waals surface area contributed by atoms with Gasteiger partial charge in [-0.05, 0) is 24.3 Å². The molecular weight excluding hydrogens is 162 g/mol. The largest absolute Gasteiger partial charge is 0.496 e. The molecule has 0 aromatic rings. The molecule has 2 nitrogen and oxygen atoms in total. The van der Waals surface area contributed by atoms with E-state index < -0.39 is 0 Å². The van der Waals surface area contributed by atoms with E-state index in [9.17, 15) is 0 Å². The first kappa shape index (κ1) is 10.6. The molecule has 0 aromatic carbocycles. The van der Waals surface area contributed by atoms with E-state index in [2.05, 4.69) is 20.8 Å². The fourth-order valence-corrected chi connectivity index (χ4v) is 1.60. The number of hydrogen-bond donors (Lipinski definition) is 1. The zero-order valence-corrected chi connectivity index (χ0v) is 8.92. The summed E-state index contributed by atoms with van der Waals surface area (Å²) < 4.78 is 5.55. The van der Waals surface area contributed by atoms with E-state index in [-0.39, 0.29) is 12.1 Å². The fraction of sp³-hybridized carbons (Fsp3) is 0.818. The zero-order valence-electron chi connectivity index (χ0n) is 8.92. The standard InChI is InChI=1S/C11H21NO/c1-4-8(3)9-6-11(13-7-9)10(12)5-2/h7-8,10-11H,4-6,12H2,1-3H3/t8?,10-,11?/m1/s1. The van der Waals surface area contributed by atoms with Crippen molar-refractivity contribution in [2.45, 2.75) is 52.2 Å². The van der Waals surface area contributed by atoms with Gasteiger partial charge in [0.15, 0.2) is 0 Å². The summed E-state index contributed by atoms with van der Waals surface area (Å²) in [6, 6.07) is 0.192. The molecule has 0 aromatic heterocycles. The molecule has 0 aliphatic carbocycles. The van der Waals surface area contributed by atoms with Gasteiger partial charge in [0, 0.05) is 12.5 Å². The molecule has 1 aliphatic rings. The second-order valence-corrected chi connectivity index (χ2v) is 3.95. The lowest BCUT2D eigenvalue weighted by atomic mass is 9.94. The predicted octanol–water partition coefficient (Wildman–Crippen LogP) is 2.44. The first-order valence-corrected chi connectivity index (χ1v) is 5.29. The summed E-state index contributed by atoms with van der Waals surface area (Å²) in [6.45, 7) is 6.56. The summed E-state index contributed by atoms with van der Waals surface area (Å²) in [7, 11) is 0. The average molecular weight is 183 g/mol. The van der Waals surface area contributed by atoms with E-state index in [1.54, 1.807) is 0 Å². The number of hydrogen-bond acceptors (Lipinski definition) is 2. The van der Waals surface area contributed by atoms with Crippen molar-refractivity contribution in [2.75, 3.05) is 0 Å². The molecule has 0 saturated heterocycles. The zero-order chi connectivity index (χ0) is 9.84. The van der Waals surface area contributed by atoms with Crippen molar-refractivity contribution in [2.24, 2.45) is 11.7 Å². The van der Waals surface area contributed by atoms with Crippen LogP contribution in [0.1, 0.15) is 40.0 Å². The van der Waals surface area contributed by atoms with Crippen molar-refractivity contribution in [3.63, 3.8) is 0 Å². The normalized spacial score (nSPS) is 26.5. The van der Waals surface area contributed by atoms with E-state index in [0.29, 0.717) is 5.92 Å². The third-order valence-electron chi connectivity index (χ3n) is 3.03. The summed E-state index contributed by atoms with van der Waals surface area (Å²) >= 11 is 0. The Morgan fingerprint density at radius 3 is 2.77 bits per heavy atom. The van der Waals surface area contributed by atoms with Crippen LogP contribution in [-0.4, -0.2) is 12.1 Å². The van der Waals surface area contributed by atoms with Crippen molar-refractivity contribution in [1.29, 1.82) is 0 Å². The van der Waals surface area contributed by atoms with Crippen LogP contribution >= 0.6 is 0 Å². The number of ether oxygens (including phenoxy) is 1. The molecule has 2 unspecified atom stereocenters. The van der Waals surface area contributed by atoms with Gasteiger partial charge in [0.1, 0.15) is 6.10 Å². The molecule has 0 saturated carbocycles. The molecule has 0 bridgehead atoms. The minimum Gasteiger partial charge on any atom is -0.496 e. The van der Waals surface area contributed by atoms with Gasteiger partial charge in [-0.3, -0.25) is 0 Å². The van der Waals surface area contributed by atoms with Gasteiger partial charge in [-0.2, -0.15) is 0 Å². The molecule has 2 N–H and O–H groups in total. The SMILES string of the molecule is CCC(C)C1=COC([C@H](N)CC)C1. The van der Waals surface area contributed by atoms with E-state index >= 15 is 0 Å². The molecule has 0 radical (unpaired) electrons. The van der Waals surface area contributed by atoms with Gasteiger partial charge in [-0.25, -0.2) is 0 Å². The number of rotatable bonds is 4. The summed E-state index contributed by atoms with van der Waals surface area (Å²) in [4.78, 5) is 0. The van der Waals surface area contributed by atoms with Crippen molar-refractivity contribution in [3.8, 4) is 0 Å². The van der Waals surface area contributed by atoms with Gasteiger partial charge < -0.3 is 10.5 Å². The average Bonchev–Trinajstić information content (AvgIpc) is 2.64. The van der Waals surface area contributed by atoms with E-state index in [4.69, 9.17) is 10.5 Å². The molecule has 1 heterocycles. The molecule has 1 aliphatic heterocycles. The van der Waals surface area contributed by atoms with Crippen LogP contribution in [0.4, 0.5) is 0 Å². The van der Waals surface area contributed by atoms with Crippen LogP contribution in [0.5, 0.6) is 0 Å². The van der Waals surface area contributed by atoms with Gasteiger partial charge in [0.25, 0.3) is 0 Å². The lowest BCUT2D eigenvalue weighted by Crippen LogP contribution is -2.33. The van der Waals surface area contributed by atoms with Crippen molar-refractivity contribution in [1.82, 2.24) is 0 Å². The first-order chi connectivity index (χ1) is 6.19. The van der Waals surface area contributed by atoms with Crippen LogP contribution in [0.15, 0.2) is 11.8 Å². The maximum absolute atomic E-state index is 5.92. The Labute approximate surface area is 81.1 Å². The minimum atomic E-state index is 0.192. The van der Waals surface area contributed by atoms with Crippen LogP contribution < -0.4 is 5.73 Å². The highest BCUT2D eigenvalue weighted by molar-refractivity contribution is 5.09. The third kappa shape index (κ3) is 2.47. The predicted molar refractivity (Wildman–Crippen MR) is 55.3 cm³/mol. The molecule has 13 heavy (non-hydrogen) atoms. The summed E-state index contributed by atoms with van der Waals surface area (Å²) in [5.74, 6) is 0.647. The van der Waals surface area contributed by atoms with Crippen molar-refractivity contribution >= 4 is 0 Å². The van der Waals surface area contributed by atoms with E-state index in [1.165, 1.54) is 12.0 Å². The molecule has 0 spiro atoms. The van der Waals surface area contributed by atoms with Crippen LogP contribution in [0.25, 0.3) is 0 Å². The second kappa shape index (κ2) is 4.66. The van der Waals surface area contributed by atoms with Gasteiger partial charge >= 0.3 is 0 Å². The van der Waals surface area contributed by atoms with Crippen LogP contribution in [0, 0.1) is 5.92 Å². The maximum atomic E-state index is 5.92.